The van der Waals surface area contributed by atoms with Crippen molar-refractivity contribution in [1.29, 1.82) is 0 Å². The number of ether oxygens (including phenoxy) is 1. The summed E-state index contributed by atoms with van der Waals surface area (Å²) in [7, 11) is 1.69. The number of para-hydroxylation sites is 1. The maximum atomic E-state index is 5.87. The first-order chi connectivity index (χ1) is 16.6. The maximum absolute atomic E-state index is 5.87. The number of pyridine rings is 1. The van der Waals surface area contributed by atoms with Gasteiger partial charge in [-0.25, -0.2) is 0 Å². The molecule has 5 rings (SSSR count). The molecular weight excluding hydrogens is 440 g/mol. The van der Waals surface area contributed by atoms with E-state index in [2.05, 4.69) is 82.1 Å². The van der Waals surface area contributed by atoms with Crippen LogP contribution < -0.4 is 10.1 Å². The summed E-state index contributed by atoms with van der Waals surface area (Å²) in [5.74, 6) is 0.847. The minimum absolute atomic E-state index is 0.00756. The average molecular weight is 469 g/mol. The Hall–Kier alpha value is -3.64. The zero-order chi connectivity index (χ0) is 23.7. The summed E-state index contributed by atoms with van der Waals surface area (Å²) in [5.41, 5.74) is 6.97. The van der Waals surface area contributed by atoms with Crippen LogP contribution in [0.15, 0.2) is 85.1 Å². The molecule has 2 aromatic carbocycles. The molecule has 0 radical (unpaired) electrons. The minimum Gasteiger partial charge on any atom is -0.497 e. The average Bonchev–Trinajstić information content (AvgIpc) is 3.35. The number of hydrogen-bond acceptors (Lipinski definition) is 3. The van der Waals surface area contributed by atoms with E-state index in [0.717, 1.165) is 22.2 Å². The summed E-state index contributed by atoms with van der Waals surface area (Å²) >= 11 is 5.87. The zero-order valence-corrected chi connectivity index (χ0v) is 20.4. The number of aromatic nitrogens is 2. The number of benzene rings is 2. The van der Waals surface area contributed by atoms with Crippen molar-refractivity contribution in [3.63, 3.8) is 0 Å². The Morgan fingerprint density at radius 3 is 2.38 bits per heavy atom. The predicted octanol–water partition coefficient (Wildman–Crippen LogP) is 5.67. The van der Waals surface area contributed by atoms with Crippen LogP contribution in [0.2, 0.25) is 0 Å². The van der Waals surface area contributed by atoms with Crippen molar-refractivity contribution in [3.8, 4) is 11.4 Å². The van der Waals surface area contributed by atoms with Crippen LogP contribution in [0.1, 0.15) is 40.3 Å². The molecule has 0 aliphatic carbocycles. The molecule has 1 aliphatic rings. The Bertz CT molecular complexity index is 1290. The van der Waals surface area contributed by atoms with Crippen molar-refractivity contribution in [1.82, 2.24) is 19.8 Å². The van der Waals surface area contributed by atoms with Crippen molar-refractivity contribution >= 4 is 17.3 Å². The number of aryl methyl sites for hydroxylation is 1. The minimum atomic E-state index is -0.0447. The molecule has 1 aliphatic heterocycles. The first kappa shape index (κ1) is 22.2. The van der Waals surface area contributed by atoms with Crippen molar-refractivity contribution in [2.24, 2.45) is 0 Å². The Morgan fingerprint density at radius 1 is 0.971 bits per heavy atom. The summed E-state index contributed by atoms with van der Waals surface area (Å²) in [4.78, 5) is 6.97. The van der Waals surface area contributed by atoms with Gasteiger partial charge in [-0.05, 0) is 79.7 Å². The highest BCUT2D eigenvalue weighted by molar-refractivity contribution is 7.80. The molecule has 1 fully saturated rings. The van der Waals surface area contributed by atoms with Gasteiger partial charge in [-0.1, -0.05) is 36.4 Å². The highest BCUT2D eigenvalue weighted by Crippen LogP contribution is 2.42. The van der Waals surface area contributed by atoms with E-state index in [1.165, 1.54) is 22.5 Å². The third kappa shape index (κ3) is 4.05. The number of nitrogens with one attached hydrogen (secondary N) is 1. The van der Waals surface area contributed by atoms with Crippen LogP contribution in [0.5, 0.6) is 5.75 Å². The summed E-state index contributed by atoms with van der Waals surface area (Å²) in [6.07, 6.45) is 1.84. The summed E-state index contributed by atoms with van der Waals surface area (Å²) < 4.78 is 7.65. The largest absolute Gasteiger partial charge is 0.497 e. The second-order valence-electron chi connectivity index (χ2n) is 8.60. The van der Waals surface area contributed by atoms with Crippen LogP contribution in [0.4, 0.5) is 0 Å². The number of methoxy groups -OCH3 is 1. The smallest absolute Gasteiger partial charge is 0.170 e. The molecule has 34 heavy (non-hydrogen) atoms. The van der Waals surface area contributed by atoms with Gasteiger partial charge in [-0.3, -0.25) is 4.98 Å². The van der Waals surface area contributed by atoms with E-state index in [4.69, 9.17) is 17.0 Å². The van der Waals surface area contributed by atoms with Gasteiger partial charge in [0.15, 0.2) is 5.11 Å². The highest BCUT2D eigenvalue weighted by Gasteiger charge is 2.41. The SMILES string of the molecule is COc1ccc(CN2C(=S)N[C@@H](c3ccccn3)[C@@H]2c2cc(C)n(-c3ccccc3)c2C)cc1. The van der Waals surface area contributed by atoms with E-state index in [-0.39, 0.29) is 12.1 Å². The summed E-state index contributed by atoms with van der Waals surface area (Å²) in [5, 5.41) is 4.31. The van der Waals surface area contributed by atoms with Crippen LogP contribution in [0.25, 0.3) is 5.69 Å². The van der Waals surface area contributed by atoms with Gasteiger partial charge in [0, 0.05) is 29.8 Å². The Morgan fingerprint density at radius 2 is 1.71 bits per heavy atom. The normalized spacial score (nSPS) is 17.6. The number of thiocarbonyl (C=S) groups is 1. The molecular formula is C28H28N4OS. The number of rotatable bonds is 6. The Kier molecular flexibility index (Phi) is 6.07. The molecule has 6 heteroatoms. The molecule has 0 saturated carbocycles. The van der Waals surface area contributed by atoms with Gasteiger partial charge in [0.25, 0.3) is 0 Å². The quantitative estimate of drug-likeness (QED) is 0.369. The lowest BCUT2D eigenvalue weighted by molar-refractivity contribution is 0.310. The van der Waals surface area contributed by atoms with Crippen molar-refractivity contribution in [3.05, 3.63) is 113 Å². The fourth-order valence-corrected chi connectivity index (χ4v) is 5.21. The molecule has 1 N–H and O–H groups in total. The molecule has 5 nitrogen and oxygen atoms in total. The second-order valence-corrected chi connectivity index (χ2v) is 8.99. The highest BCUT2D eigenvalue weighted by atomic mass is 32.1. The lowest BCUT2D eigenvalue weighted by Gasteiger charge is -2.28. The Labute approximate surface area is 206 Å². The molecule has 0 unspecified atom stereocenters. The third-order valence-electron chi connectivity index (χ3n) is 6.51. The fourth-order valence-electron chi connectivity index (χ4n) is 4.90. The lowest BCUT2D eigenvalue weighted by Crippen LogP contribution is -2.29. The first-order valence-corrected chi connectivity index (χ1v) is 11.8. The molecule has 1 saturated heterocycles. The Balaban J connectivity index is 1.59. The summed E-state index contributed by atoms with van der Waals surface area (Å²) in [6, 6.07) is 27.0. The van der Waals surface area contributed by atoms with E-state index in [1.54, 1.807) is 7.11 Å². The molecule has 2 atom stereocenters. The zero-order valence-electron chi connectivity index (χ0n) is 19.6. The van der Waals surface area contributed by atoms with Crippen LogP contribution in [0.3, 0.4) is 0 Å². The van der Waals surface area contributed by atoms with Crippen LogP contribution >= 0.6 is 12.2 Å². The van der Waals surface area contributed by atoms with Crippen LogP contribution in [-0.2, 0) is 6.54 Å². The van der Waals surface area contributed by atoms with Gasteiger partial charge >= 0.3 is 0 Å². The monoisotopic (exact) mass is 468 g/mol. The van der Waals surface area contributed by atoms with Crippen molar-refractivity contribution < 1.29 is 4.74 Å². The van der Waals surface area contributed by atoms with E-state index in [0.29, 0.717) is 6.54 Å². The molecule has 3 heterocycles. The molecule has 0 bridgehead atoms. The third-order valence-corrected chi connectivity index (χ3v) is 6.87. The molecule has 0 spiro atoms. The van der Waals surface area contributed by atoms with Gasteiger partial charge in [0.05, 0.1) is 24.9 Å². The van der Waals surface area contributed by atoms with Crippen molar-refractivity contribution in [2.45, 2.75) is 32.5 Å². The van der Waals surface area contributed by atoms with Gasteiger partial charge in [-0.15, -0.1) is 0 Å². The van der Waals surface area contributed by atoms with E-state index >= 15 is 0 Å². The molecule has 4 aromatic rings. The fraction of sp³-hybridized carbons (Fsp3) is 0.214. The van der Waals surface area contributed by atoms with Crippen LogP contribution in [-0.4, -0.2) is 26.7 Å². The summed E-state index contributed by atoms with van der Waals surface area (Å²) in [6.45, 7) is 5.05. The predicted molar refractivity (Wildman–Crippen MR) is 139 cm³/mol. The number of nitrogens with zero attached hydrogens (tertiary/aromatic N) is 3. The lowest BCUT2D eigenvalue weighted by atomic mass is 9.96. The topological polar surface area (TPSA) is 42.3 Å². The first-order valence-electron chi connectivity index (χ1n) is 11.4. The van der Waals surface area contributed by atoms with Crippen LogP contribution in [0, 0.1) is 13.8 Å². The van der Waals surface area contributed by atoms with Gasteiger partial charge in [0.2, 0.25) is 0 Å². The standard InChI is InChI=1S/C28H28N4OS/c1-19-17-24(20(2)32(19)22-9-5-4-6-10-22)27-26(25-11-7-8-16-29-25)30-28(34)31(27)18-21-12-14-23(33-3)15-13-21/h4-17,26-27H,18H2,1-3H3,(H,30,34)/t26-,27-/m0/s1. The van der Waals surface area contributed by atoms with Gasteiger partial charge in [-0.2, -0.15) is 0 Å². The maximum Gasteiger partial charge on any atom is 0.170 e. The van der Waals surface area contributed by atoms with Gasteiger partial charge in [0.1, 0.15) is 5.75 Å². The van der Waals surface area contributed by atoms with Crippen molar-refractivity contribution in [2.75, 3.05) is 7.11 Å². The molecule has 0 amide bonds. The molecule has 2 aromatic heterocycles. The van der Waals surface area contributed by atoms with Gasteiger partial charge < -0.3 is 19.5 Å². The molecule has 172 valence electrons. The second kappa shape index (κ2) is 9.31. The van der Waals surface area contributed by atoms with E-state index in [9.17, 15) is 0 Å². The number of hydrogen-bond donors (Lipinski definition) is 1. The van der Waals surface area contributed by atoms with E-state index < -0.39 is 0 Å². The van der Waals surface area contributed by atoms with E-state index in [1.807, 2.05) is 36.5 Å².